The molecule has 3 rings (SSSR count). The standard InChI is InChI=1S/C28H31ClN2O/c1-3-31(4-2)21-11-16-26(32)30-25-19-17-23(18-20-25)27(22-12-7-5-8-13-22)28(29)24-14-9-6-10-15-24/h5-10,12-15,17-20H,3-4,11,16,21H2,1-2H3,(H,30,32). The van der Waals surface area contributed by atoms with Crippen molar-refractivity contribution in [3.8, 4) is 0 Å². The average Bonchev–Trinajstić information content (AvgIpc) is 2.84. The fourth-order valence-corrected chi connectivity index (χ4v) is 4.04. The molecule has 3 aromatic carbocycles. The molecule has 0 aromatic heterocycles. The smallest absolute Gasteiger partial charge is 0.224 e. The molecule has 166 valence electrons. The molecule has 0 spiro atoms. The quantitative estimate of drug-likeness (QED) is 0.343. The summed E-state index contributed by atoms with van der Waals surface area (Å²) >= 11 is 6.88. The molecule has 0 atom stereocenters. The zero-order valence-electron chi connectivity index (χ0n) is 18.9. The molecule has 3 aromatic rings. The van der Waals surface area contributed by atoms with Gasteiger partial charge >= 0.3 is 0 Å². The third-order valence-electron chi connectivity index (χ3n) is 5.54. The fraction of sp³-hybridized carbons (Fsp3) is 0.250. The van der Waals surface area contributed by atoms with E-state index in [4.69, 9.17) is 11.6 Å². The maximum Gasteiger partial charge on any atom is 0.224 e. The third kappa shape index (κ3) is 6.56. The van der Waals surface area contributed by atoms with E-state index in [0.29, 0.717) is 11.5 Å². The van der Waals surface area contributed by atoms with E-state index in [1.807, 2.05) is 72.8 Å². The van der Waals surface area contributed by atoms with Crippen molar-refractivity contribution in [1.29, 1.82) is 0 Å². The number of hydrogen-bond donors (Lipinski definition) is 1. The van der Waals surface area contributed by atoms with Crippen LogP contribution >= 0.6 is 11.6 Å². The van der Waals surface area contributed by atoms with E-state index < -0.39 is 0 Å². The van der Waals surface area contributed by atoms with Crippen LogP contribution in [0.1, 0.15) is 43.4 Å². The van der Waals surface area contributed by atoms with Gasteiger partial charge in [0.15, 0.2) is 0 Å². The lowest BCUT2D eigenvalue weighted by Crippen LogP contribution is -2.25. The highest BCUT2D eigenvalue weighted by atomic mass is 35.5. The molecule has 0 aliphatic heterocycles. The van der Waals surface area contributed by atoms with Crippen molar-refractivity contribution in [2.75, 3.05) is 25.0 Å². The Balaban J connectivity index is 1.76. The number of hydrogen-bond acceptors (Lipinski definition) is 2. The number of carbonyl (C=O) groups excluding carboxylic acids is 1. The Kier molecular flexibility index (Phi) is 9.09. The van der Waals surface area contributed by atoms with Crippen molar-refractivity contribution in [1.82, 2.24) is 4.90 Å². The van der Waals surface area contributed by atoms with E-state index in [2.05, 4.69) is 36.2 Å². The molecule has 0 unspecified atom stereocenters. The molecule has 1 amide bonds. The molecule has 3 nitrogen and oxygen atoms in total. The largest absolute Gasteiger partial charge is 0.326 e. The highest BCUT2D eigenvalue weighted by Gasteiger charge is 2.13. The van der Waals surface area contributed by atoms with Crippen LogP contribution in [0.25, 0.3) is 10.6 Å². The molecular weight excluding hydrogens is 416 g/mol. The second-order valence-electron chi connectivity index (χ2n) is 7.68. The Hall–Kier alpha value is -2.88. The molecule has 0 heterocycles. The van der Waals surface area contributed by atoms with Gasteiger partial charge in [0.25, 0.3) is 0 Å². The molecule has 4 heteroatoms. The number of halogens is 1. The lowest BCUT2D eigenvalue weighted by molar-refractivity contribution is -0.116. The number of carbonyl (C=O) groups is 1. The van der Waals surface area contributed by atoms with E-state index in [1.54, 1.807) is 0 Å². The molecule has 0 saturated heterocycles. The SMILES string of the molecule is CCN(CC)CCCC(=O)Nc1ccc(C(=C(Cl)c2ccccc2)c2ccccc2)cc1. The van der Waals surface area contributed by atoms with Crippen molar-refractivity contribution in [3.63, 3.8) is 0 Å². The Labute approximate surface area is 196 Å². The van der Waals surface area contributed by atoms with Gasteiger partial charge in [-0.1, -0.05) is 98.2 Å². The third-order valence-corrected chi connectivity index (χ3v) is 5.95. The summed E-state index contributed by atoms with van der Waals surface area (Å²) in [5.41, 5.74) is 4.79. The second-order valence-corrected chi connectivity index (χ2v) is 8.05. The summed E-state index contributed by atoms with van der Waals surface area (Å²) in [4.78, 5) is 14.7. The van der Waals surface area contributed by atoms with E-state index in [9.17, 15) is 4.79 Å². The van der Waals surface area contributed by atoms with Crippen molar-refractivity contribution in [3.05, 3.63) is 102 Å². The van der Waals surface area contributed by atoms with Crippen LogP contribution in [-0.4, -0.2) is 30.4 Å². The molecule has 0 bridgehead atoms. The van der Waals surface area contributed by atoms with Gasteiger partial charge in [0.05, 0.1) is 5.03 Å². The molecular formula is C28H31ClN2O. The van der Waals surface area contributed by atoms with E-state index in [0.717, 1.165) is 54.0 Å². The summed E-state index contributed by atoms with van der Waals surface area (Å²) in [6.07, 6.45) is 1.38. The highest BCUT2D eigenvalue weighted by molar-refractivity contribution is 6.53. The van der Waals surface area contributed by atoms with Crippen LogP contribution in [-0.2, 0) is 4.79 Å². The van der Waals surface area contributed by atoms with Crippen LogP contribution in [0, 0.1) is 0 Å². The first kappa shape index (κ1) is 23.8. The number of rotatable bonds is 10. The predicted molar refractivity (Wildman–Crippen MR) is 137 cm³/mol. The van der Waals surface area contributed by atoms with Crippen LogP contribution in [0.4, 0.5) is 5.69 Å². The lowest BCUT2D eigenvalue weighted by atomic mass is 9.95. The number of nitrogens with one attached hydrogen (secondary N) is 1. The van der Waals surface area contributed by atoms with Crippen molar-refractivity contribution in [2.24, 2.45) is 0 Å². The average molecular weight is 447 g/mol. The van der Waals surface area contributed by atoms with Gasteiger partial charge in [-0.25, -0.2) is 0 Å². The summed E-state index contributed by atoms with van der Waals surface area (Å²) in [5, 5.41) is 3.71. The van der Waals surface area contributed by atoms with E-state index in [-0.39, 0.29) is 5.91 Å². The van der Waals surface area contributed by atoms with Gasteiger partial charge in [-0.15, -0.1) is 0 Å². The summed E-state index contributed by atoms with van der Waals surface area (Å²) in [5.74, 6) is 0.0473. The Morgan fingerprint density at radius 3 is 1.88 bits per heavy atom. The monoisotopic (exact) mass is 446 g/mol. The molecule has 0 radical (unpaired) electrons. The molecule has 1 N–H and O–H groups in total. The van der Waals surface area contributed by atoms with Gasteiger partial charge in [-0.05, 0) is 54.9 Å². The first-order valence-corrected chi connectivity index (χ1v) is 11.6. The lowest BCUT2D eigenvalue weighted by Gasteiger charge is -2.17. The minimum atomic E-state index is 0.0473. The maximum absolute atomic E-state index is 12.3. The highest BCUT2D eigenvalue weighted by Crippen LogP contribution is 2.35. The Bertz CT molecular complexity index is 1010. The summed E-state index contributed by atoms with van der Waals surface area (Å²) in [7, 11) is 0. The van der Waals surface area contributed by atoms with Crippen LogP contribution in [0.2, 0.25) is 0 Å². The Morgan fingerprint density at radius 2 is 1.31 bits per heavy atom. The van der Waals surface area contributed by atoms with Gasteiger partial charge in [0.1, 0.15) is 0 Å². The number of anilines is 1. The van der Waals surface area contributed by atoms with Gasteiger partial charge in [-0.2, -0.15) is 0 Å². The molecule has 0 saturated carbocycles. The first-order valence-electron chi connectivity index (χ1n) is 11.3. The van der Waals surface area contributed by atoms with Gasteiger partial charge in [-0.3, -0.25) is 4.79 Å². The summed E-state index contributed by atoms with van der Waals surface area (Å²) in [6, 6.07) is 28.0. The van der Waals surface area contributed by atoms with Gasteiger partial charge < -0.3 is 10.2 Å². The number of nitrogens with zero attached hydrogens (tertiary/aromatic N) is 1. The topological polar surface area (TPSA) is 32.3 Å². The van der Waals surface area contributed by atoms with E-state index in [1.165, 1.54) is 0 Å². The first-order chi connectivity index (χ1) is 15.6. The van der Waals surface area contributed by atoms with Crippen molar-refractivity contribution >= 4 is 33.8 Å². The van der Waals surface area contributed by atoms with Crippen LogP contribution in [0.15, 0.2) is 84.9 Å². The number of benzene rings is 3. The maximum atomic E-state index is 12.3. The molecule has 0 aliphatic rings. The fourth-order valence-electron chi connectivity index (χ4n) is 3.70. The van der Waals surface area contributed by atoms with Crippen molar-refractivity contribution in [2.45, 2.75) is 26.7 Å². The molecule has 0 fully saturated rings. The van der Waals surface area contributed by atoms with E-state index >= 15 is 0 Å². The second kappa shape index (κ2) is 12.2. The van der Waals surface area contributed by atoms with Crippen LogP contribution in [0.3, 0.4) is 0 Å². The normalized spacial score (nSPS) is 11.9. The summed E-state index contributed by atoms with van der Waals surface area (Å²) in [6.45, 7) is 7.27. The number of amides is 1. The zero-order valence-corrected chi connectivity index (χ0v) is 19.6. The van der Waals surface area contributed by atoms with Crippen LogP contribution < -0.4 is 5.32 Å². The van der Waals surface area contributed by atoms with Gasteiger partial charge in [0, 0.05) is 17.7 Å². The van der Waals surface area contributed by atoms with Crippen LogP contribution in [0.5, 0.6) is 0 Å². The molecule has 0 aliphatic carbocycles. The minimum Gasteiger partial charge on any atom is -0.326 e. The van der Waals surface area contributed by atoms with Crippen molar-refractivity contribution < 1.29 is 4.79 Å². The summed E-state index contributed by atoms with van der Waals surface area (Å²) < 4.78 is 0. The molecule has 32 heavy (non-hydrogen) atoms. The van der Waals surface area contributed by atoms with Gasteiger partial charge in [0.2, 0.25) is 5.91 Å². The predicted octanol–water partition coefficient (Wildman–Crippen LogP) is 6.90. The Morgan fingerprint density at radius 1 is 0.781 bits per heavy atom. The minimum absolute atomic E-state index is 0.0473. The zero-order chi connectivity index (χ0) is 22.8.